The van der Waals surface area contributed by atoms with E-state index in [1.807, 2.05) is 0 Å². The fourth-order valence-electron chi connectivity index (χ4n) is 2.28. The minimum Gasteiger partial charge on any atom is -0.368 e. The standard InChI is InChI=1S/C11H20N2O2/c1-8-4-7-15-10(8)11(14)13-9-2-5-12-6-3-9/h8-10,12H,2-7H2,1H3,(H,13,14). The Morgan fingerprint density at radius 2 is 2.07 bits per heavy atom. The van der Waals surface area contributed by atoms with Crippen LogP contribution in [-0.4, -0.2) is 37.7 Å². The Labute approximate surface area is 90.8 Å². The van der Waals surface area contributed by atoms with E-state index in [1.165, 1.54) is 0 Å². The summed E-state index contributed by atoms with van der Waals surface area (Å²) in [6.45, 7) is 4.82. The van der Waals surface area contributed by atoms with Crippen molar-refractivity contribution in [3.63, 3.8) is 0 Å². The lowest BCUT2D eigenvalue weighted by Crippen LogP contribution is -2.47. The Morgan fingerprint density at radius 3 is 2.67 bits per heavy atom. The van der Waals surface area contributed by atoms with E-state index in [2.05, 4.69) is 17.6 Å². The fourth-order valence-corrected chi connectivity index (χ4v) is 2.28. The number of nitrogens with one attached hydrogen (secondary N) is 2. The third kappa shape index (κ3) is 2.69. The molecule has 86 valence electrons. The molecule has 4 nitrogen and oxygen atoms in total. The minimum absolute atomic E-state index is 0.0897. The summed E-state index contributed by atoms with van der Waals surface area (Å²) in [7, 11) is 0. The Morgan fingerprint density at radius 1 is 1.33 bits per heavy atom. The first-order valence-electron chi connectivity index (χ1n) is 5.90. The lowest BCUT2D eigenvalue weighted by molar-refractivity contribution is -0.132. The average molecular weight is 212 g/mol. The molecule has 2 atom stereocenters. The molecule has 15 heavy (non-hydrogen) atoms. The molecule has 0 aliphatic carbocycles. The molecule has 0 bridgehead atoms. The molecule has 2 saturated heterocycles. The number of carbonyl (C=O) groups excluding carboxylic acids is 1. The summed E-state index contributed by atoms with van der Waals surface area (Å²) >= 11 is 0. The summed E-state index contributed by atoms with van der Waals surface area (Å²) in [5.74, 6) is 0.457. The van der Waals surface area contributed by atoms with Crippen molar-refractivity contribution in [3.8, 4) is 0 Å². The molecule has 0 saturated carbocycles. The minimum atomic E-state index is -0.208. The first kappa shape index (κ1) is 10.9. The zero-order valence-electron chi connectivity index (χ0n) is 9.29. The number of rotatable bonds is 2. The van der Waals surface area contributed by atoms with Gasteiger partial charge < -0.3 is 15.4 Å². The van der Waals surface area contributed by atoms with Crippen LogP contribution in [0.25, 0.3) is 0 Å². The Hall–Kier alpha value is -0.610. The lowest BCUT2D eigenvalue weighted by atomic mass is 10.0. The van der Waals surface area contributed by atoms with Gasteiger partial charge in [-0.25, -0.2) is 0 Å². The maximum absolute atomic E-state index is 11.9. The highest BCUT2D eigenvalue weighted by Gasteiger charge is 2.31. The smallest absolute Gasteiger partial charge is 0.249 e. The third-order valence-electron chi connectivity index (χ3n) is 3.33. The molecule has 0 radical (unpaired) electrons. The van der Waals surface area contributed by atoms with E-state index in [4.69, 9.17) is 4.74 Å². The molecule has 2 heterocycles. The topological polar surface area (TPSA) is 50.4 Å². The Balaban J connectivity index is 1.80. The predicted octanol–water partition coefficient (Wildman–Crippen LogP) is 0.280. The lowest BCUT2D eigenvalue weighted by Gasteiger charge is -2.25. The average Bonchev–Trinajstić information content (AvgIpc) is 2.66. The molecular formula is C11H20N2O2. The molecule has 1 amide bonds. The predicted molar refractivity (Wildman–Crippen MR) is 57.6 cm³/mol. The number of hydrogen-bond acceptors (Lipinski definition) is 3. The fraction of sp³-hybridized carbons (Fsp3) is 0.909. The second-order valence-corrected chi connectivity index (χ2v) is 4.59. The van der Waals surface area contributed by atoms with E-state index >= 15 is 0 Å². The molecule has 0 aromatic carbocycles. The Kier molecular flexibility index (Phi) is 3.59. The number of piperidine rings is 1. The molecule has 2 N–H and O–H groups in total. The quantitative estimate of drug-likeness (QED) is 0.691. The summed E-state index contributed by atoms with van der Waals surface area (Å²) < 4.78 is 5.44. The SMILES string of the molecule is CC1CCOC1C(=O)NC1CCNCC1. The first-order chi connectivity index (χ1) is 7.27. The highest BCUT2D eigenvalue weighted by molar-refractivity contribution is 5.81. The van der Waals surface area contributed by atoms with Crippen LogP contribution < -0.4 is 10.6 Å². The zero-order valence-corrected chi connectivity index (χ0v) is 9.29. The van der Waals surface area contributed by atoms with E-state index in [1.54, 1.807) is 0 Å². The summed E-state index contributed by atoms with van der Waals surface area (Å²) in [6, 6.07) is 0.343. The van der Waals surface area contributed by atoms with Crippen LogP contribution in [0.3, 0.4) is 0 Å². The van der Waals surface area contributed by atoms with Gasteiger partial charge in [0.25, 0.3) is 0 Å². The van der Waals surface area contributed by atoms with Gasteiger partial charge in [0.1, 0.15) is 6.10 Å². The van der Waals surface area contributed by atoms with Crippen molar-refractivity contribution in [2.75, 3.05) is 19.7 Å². The number of hydrogen-bond donors (Lipinski definition) is 2. The molecule has 2 aliphatic rings. The highest BCUT2D eigenvalue weighted by Crippen LogP contribution is 2.20. The number of amides is 1. The molecule has 2 aliphatic heterocycles. The van der Waals surface area contributed by atoms with E-state index in [-0.39, 0.29) is 12.0 Å². The molecule has 0 aromatic rings. The van der Waals surface area contributed by atoms with Crippen LogP contribution in [0.1, 0.15) is 26.2 Å². The maximum atomic E-state index is 11.9. The van der Waals surface area contributed by atoms with E-state index in [9.17, 15) is 4.79 Å². The highest BCUT2D eigenvalue weighted by atomic mass is 16.5. The summed E-state index contributed by atoms with van der Waals surface area (Å²) in [4.78, 5) is 11.9. The van der Waals surface area contributed by atoms with Gasteiger partial charge in [0.2, 0.25) is 5.91 Å². The summed E-state index contributed by atoms with van der Waals surface area (Å²) in [5, 5.41) is 6.37. The van der Waals surface area contributed by atoms with Crippen LogP contribution >= 0.6 is 0 Å². The maximum Gasteiger partial charge on any atom is 0.249 e. The molecule has 4 heteroatoms. The first-order valence-corrected chi connectivity index (χ1v) is 5.90. The van der Waals surface area contributed by atoms with E-state index < -0.39 is 0 Å². The largest absolute Gasteiger partial charge is 0.368 e. The summed E-state index contributed by atoms with van der Waals surface area (Å²) in [6.07, 6.45) is 2.86. The van der Waals surface area contributed by atoms with Crippen LogP contribution in [0.2, 0.25) is 0 Å². The van der Waals surface area contributed by atoms with Crippen molar-refractivity contribution in [3.05, 3.63) is 0 Å². The second kappa shape index (κ2) is 4.94. The van der Waals surface area contributed by atoms with Crippen LogP contribution in [0.4, 0.5) is 0 Å². The van der Waals surface area contributed by atoms with Crippen LogP contribution in [-0.2, 0) is 9.53 Å². The van der Waals surface area contributed by atoms with Gasteiger partial charge in [-0.15, -0.1) is 0 Å². The van der Waals surface area contributed by atoms with E-state index in [0.717, 1.165) is 39.0 Å². The van der Waals surface area contributed by atoms with Gasteiger partial charge in [-0.05, 0) is 38.3 Å². The van der Waals surface area contributed by atoms with Gasteiger partial charge in [-0.3, -0.25) is 4.79 Å². The van der Waals surface area contributed by atoms with Gasteiger partial charge >= 0.3 is 0 Å². The van der Waals surface area contributed by atoms with Crippen LogP contribution in [0.5, 0.6) is 0 Å². The van der Waals surface area contributed by atoms with Gasteiger partial charge in [0.15, 0.2) is 0 Å². The number of carbonyl (C=O) groups is 1. The zero-order chi connectivity index (χ0) is 10.7. The van der Waals surface area contributed by atoms with Gasteiger partial charge in [0, 0.05) is 12.6 Å². The van der Waals surface area contributed by atoms with Crippen LogP contribution in [0, 0.1) is 5.92 Å². The van der Waals surface area contributed by atoms with Crippen molar-refractivity contribution in [1.29, 1.82) is 0 Å². The van der Waals surface area contributed by atoms with Crippen molar-refractivity contribution in [2.24, 2.45) is 5.92 Å². The normalized spacial score (nSPS) is 32.9. The van der Waals surface area contributed by atoms with Gasteiger partial charge in [-0.2, -0.15) is 0 Å². The third-order valence-corrected chi connectivity index (χ3v) is 3.33. The molecule has 0 aromatic heterocycles. The molecule has 2 unspecified atom stereocenters. The van der Waals surface area contributed by atoms with Crippen LogP contribution in [0.15, 0.2) is 0 Å². The van der Waals surface area contributed by atoms with Gasteiger partial charge in [-0.1, -0.05) is 6.92 Å². The molecular weight excluding hydrogens is 192 g/mol. The van der Waals surface area contributed by atoms with E-state index in [0.29, 0.717) is 12.0 Å². The monoisotopic (exact) mass is 212 g/mol. The van der Waals surface area contributed by atoms with Crippen molar-refractivity contribution < 1.29 is 9.53 Å². The van der Waals surface area contributed by atoms with Crippen molar-refractivity contribution in [2.45, 2.75) is 38.3 Å². The molecule has 2 fully saturated rings. The molecule has 0 spiro atoms. The van der Waals surface area contributed by atoms with Crippen molar-refractivity contribution in [1.82, 2.24) is 10.6 Å². The number of ether oxygens (including phenoxy) is 1. The van der Waals surface area contributed by atoms with Crippen molar-refractivity contribution >= 4 is 5.91 Å². The van der Waals surface area contributed by atoms with Gasteiger partial charge in [0.05, 0.1) is 0 Å². The molecule has 2 rings (SSSR count). The second-order valence-electron chi connectivity index (χ2n) is 4.59. The summed E-state index contributed by atoms with van der Waals surface area (Å²) in [5.41, 5.74) is 0. The Bertz CT molecular complexity index is 227.